The number of thioether (sulfide) groups is 1. The zero-order valence-corrected chi connectivity index (χ0v) is 22.0. The summed E-state index contributed by atoms with van der Waals surface area (Å²) in [6, 6.07) is 19.8. The molecule has 4 aromatic rings. The smallest absolute Gasteiger partial charge is 0.233 e. The van der Waals surface area contributed by atoms with Gasteiger partial charge in [-0.3, -0.25) is 4.79 Å². The molecule has 5 nitrogen and oxygen atoms in total. The molecule has 0 saturated carbocycles. The number of rotatable bonds is 9. The first-order chi connectivity index (χ1) is 17.9. The zero-order chi connectivity index (χ0) is 26.6. The minimum Gasteiger partial charge on any atom is -0.338 e. The predicted molar refractivity (Wildman–Crippen MR) is 146 cm³/mol. The minimum atomic E-state index is -0.521. The van der Waals surface area contributed by atoms with Gasteiger partial charge in [0, 0.05) is 29.9 Å². The molecule has 0 radical (unpaired) electrons. The monoisotopic (exact) mass is 522 g/mol. The number of nitrogens with zero attached hydrogens (tertiary/aromatic N) is 3. The molecular formula is C29H32F2N4OS. The first kappa shape index (κ1) is 28.2. The van der Waals surface area contributed by atoms with E-state index in [1.165, 1.54) is 29.5 Å². The van der Waals surface area contributed by atoms with Crippen LogP contribution in [0.25, 0.3) is 10.8 Å². The van der Waals surface area contributed by atoms with E-state index in [1.807, 2.05) is 29.2 Å². The first-order valence-electron chi connectivity index (χ1n) is 12.2. The molecule has 8 heteroatoms. The molecule has 0 aliphatic heterocycles. The van der Waals surface area contributed by atoms with E-state index < -0.39 is 11.6 Å². The molecule has 2 N–H and O–H groups in total. The van der Waals surface area contributed by atoms with Crippen LogP contribution in [0.5, 0.6) is 0 Å². The molecule has 0 aliphatic carbocycles. The third-order valence-corrected chi connectivity index (χ3v) is 6.60. The zero-order valence-electron chi connectivity index (χ0n) is 21.2. The fourth-order valence-corrected chi connectivity index (χ4v) is 4.65. The number of carbonyl (C=O) groups excluding carboxylic acids is 1. The molecule has 194 valence electrons. The van der Waals surface area contributed by atoms with Crippen LogP contribution in [0.4, 0.5) is 8.78 Å². The molecule has 3 aromatic carbocycles. The van der Waals surface area contributed by atoms with Crippen molar-refractivity contribution in [2.45, 2.75) is 38.3 Å². The summed E-state index contributed by atoms with van der Waals surface area (Å²) in [4.78, 5) is 14.8. The maximum Gasteiger partial charge on any atom is 0.233 e. The number of hydrogen-bond donors (Lipinski definition) is 1. The Labute approximate surface area is 221 Å². The van der Waals surface area contributed by atoms with E-state index in [1.54, 1.807) is 13.1 Å². The van der Waals surface area contributed by atoms with Gasteiger partial charge in [0.05, 0.1) is 11.9 Å². The van der Waals surface area contributed by atoms with Crippen LogP contribution in [-0.4, -0.2) is 39.8 Å². The SMILES string of the molecule is CCc1cccc(CN(CCCN)C(=O)CSc2nncc3ccccc23)c1.Cc1cc(F)cc(F)c1. The third kappa shape index (κ3) is 8.91. The number of aryl methyl sites for hydroxylation is 2. The number of nitrogens with two attached hydrogens (primary N) is 1. The highest BCUT2D eigenvalue weighted by Gasteiger charge is 2.16. The van der Waals surface area contributed by atoms with E-state index in [0.29, 0.717) is 31.0 Å². The highest BCUT2D eigenvalue weighted by Crippen LogP contribution is 2.25. The van der Waals surface area contributed by atoms with E-state index in [-0.39, 0.29) is 5.91 Å². The molecule has 0 aliphatic rings. The Balaban J connectivity index is 0.000000356. The Hall–Kier alpha value is -3.36. The molecule has 0 saturated heterocycles. The van der Waals surface area contributed by atoms with Crippen LogP contribution in [0.1, 0.15) is 30.0 Å². The van der Waals surface area contributed by atoms with Crippen LogP contribution in [0.2, 0.25) is 0 Å². The lowest BCUT2D eigenvalue weighted by Crippen LogP contribution is -2.33. The average molecular weight is 523 g/mol. The maximum absolute atomic E-state index is 12.9. The van der Waals surface area contributed by atoms with E-state index in [4.69, 9.17) is 5.73 Å². The van der Waals surface area contributed by atoms with Crippen molar-refractivity contribution in [1.29, 1.82) is 0 Å². The van der Waals surface area contributed by atoms with Gasteiger partial charge in [-0.25, -0.2) is 8.78 Å². The standard InChI is InChI=1S/C22H26N4OS.C7H6F2/c1-2-17-7-5-8-18(13-17)15-26(12-6-11-23)21(27)16-28-22-20-10-4-3-9-19(20)14-24-25-22;1-5-2-6(8)4-7(9)3-5/h3-5,7-10,13-14H,2,6,11-12,15-16,23H2,1H3;2-4H,1H3. The van der Waals surface area contributed by atoms with E-state index in [0.717, 1.165) is 40.3 Å². The lowest BCUT2D eigenvalue weighted by molar-refractivity contribution is -0.129. The van der Waals surface area contributed by atoms with Crippen molar-refractivity contribution in [1.82, 2.24) is 15.1 Å². The van der Waals surface area contributed by atoms with Crippen molar-refractivity contribution in [2.24, 2.45) is 5.73 Å². The van der Waals surface area contributed by atoms with Gasteiger partial charge in [-0.05, 0) is 55.1 Å². The van der Waals surface area contributed by atoms with E-state index in [9.17, 15) is 13.6 Å². The lowest BCUT2D eigenvalue weighted by atomic mass is 10.1. The number of halogens is 2. The topological polar surface area (TPSA) is 72.1 Å². The summed E-state index contributed by atoms with van der Waals surface area (Å²) in [5, 5.41) is 11.1. The summed E-state index contributed by atoms with van der Waals surface area (Å²) >= 11 is 1.44. The van der Waals surface area contributed by atoms with Crippen molar-refractivity contribution in [3.63, 3.8) is 0 Å². The van der Waals surface area contributed by atoms with Crippen molar-refractivity contribution in [3.8, 4) is 0 Å². The Morgan fingerprint density at radius 3 is 2.43 bits per heavy atom. The van der Waals surface area contributed by atoms with Crippen molar-refractivity contribution in [2.75, 3.05) is 18.8 Å². The third-order valence-electron chi connectivity index (χ3n) is 5.63. The van der Waals surface area contributed by atoms with Crippen LogP contribution >= 0.6 is 11.8 Å². The van der Waals surface area contributed by atoms with Crippen LogP contribution in [0, 0.1) is 18.6 Å². The number of benzene rings is 3. The van der Waals surface area contributed by atoms with Gasteiger partial charge in [-0.15, -0.1) is 5.10 Å². The van der Waals surface area contributed by atoms with Crippen molar-refractivity contribution >= 4 is 28.4 Å². The average Bonchev–Trinajstić information content (AvgIpc) is 2.89. The molecule has 1 amide bonds. The summed E-state index contributed by atoms with van der Waals surface area (Å²) in [5.74, 6) is -0.615. The number of carbonyl (C=O) groups is 1. The van der Waals surface area contributed by atoms with Gasteiger partial charge in [-0.1, -0.05) is 67.2 Å². The van der Waals surface area contributed by atoms with Crippen molar-refractivity contribution in [3.05, 3.63) is 101 Å². The first-order valence-corrected chi connectivity index (χ1v) is 13.2. The predicted octanol–water partition coefficient (Wildman–Crippen LogP) is 5.94. The molecule has 1 heterocycles. The van der Waals surface area contributed by atoms with Gasteiger partial charge in [0.15, 0.2) is 0 Å². The second-order valence-electron chi connectivity index (χ2n) is 8.60. The van der Waals surface area contributed by atoms with Gasteiger partial charge in [0.25, 0.3) is 0 Å². The summed E-state index contributed by atoms with van der Waals surface area (Å²) in [5.41, 5.74) is 8.72. The Morgan fingerprint density at radius 1 is 1.00 bits per heavy atom. The molecule has 0 bridgehead atoms. The normalized spacial score (nSPS) is 10.6. The largest absolute Gasteiger partial charge is 0.338 e. The Morgan fingerprint density at radius 2 is 1.73 bits per heavy atom. The van der Waals surface area contributed by atoms with Gasteiger partial charge < -0.3 is 10.6 Å². The lowest BCUT2D eigenvalue weighted by Gasteiger charge is -2.23. The second kappa shape index (κ2) is 14.4. The highest BCUT2D eigenvalue weighted by atomic mass is 32.2. The molecule has 0 spiro atoms. The summed E-state index contributed by atoms with van der Waals surface area (Å²) < 4.78 is 24.4. The maximum atomic E-state index is 12.9. The summed E-state index contributed by atoms with van der Waals surface area (Å²) in [6.07, 6.45) is 3.52. The highest BCUT2D eigenvalue weighted by molar-refractivity contribution is 8.00. The summed E-state index contributed by atoms with van der Waals surface area (Å²) in [6.45, 7) is 5.62. The second-order valence-corrected chi connectivity index (χ2v) is 9.57. The van der Waals surface area contributed by atoms with Crippen LogP contribution in [0.15, 0.2) is 78.0 Å². The minimum absolute atomic E-state index is 0.0927. The van der Waals surface area contributed by atoms with E-state index in [2.05, 4.69) is 41.4 Å². The van der Waals surface area contributed by atoms with Crippen molar-refractivity contribution < 1.29 is 13.6 Å². The molecule has 0 unspecified atom stereocenters. The molecular weight excluding hydrogens is 490 g/mol. The van der Waals surface area contributed by atoms with Crippen LogP contribution in [0.3, 0.4) is 0 Å². The molecule has 4 rings (SSSR count). The number of fused-ring (bicyclic) bond motifs is 1. The fraction of sp³-hybridized carbons (Fsp3) is 0.276. The quantitative estimate of drug-likeness (QED) is 0.276. The fourth-order valence-electron chi connectivity index (χ4n) is 3.76. The molecule has 0 atom stereocenters. The number of amides is 1. The van der Waals surface area contributed by atoms with Gasteiger partial charge in [0.2, 0.25) is 5.91 Å². The number of aromatic nitrogens is 2. The Bertz CT molecular complexity index is 1260. The molecule has 1 aromatic heterocycles. The van der Waals surface area contributed by atoms with Gasteiger partial charge in [0.1, 0.15) is 16.7 Å². The molecule has 0 fully saturated rings. The molecule has 37 heavy (non-hydrogen) atoms. The Kier molecular flexibility index (Phi) is 11.0. The summed E-state index contributed by atoms with van der Waals surface area (Å²) in [7, 11) is 0. The van der Waals surface area contributed by atoms with Gasteiger partial charge >= 0.3 is 0 Å². The van der Waals surface area contributed by atoms with Crippen LogP contribution < -0.4 is 5.73 Å². The van der Waals surface area contributed by atoms with E-state index >= 15 is 0 Å². The van der Waals surface area contributed by atoms with Gasteiger partial charge in [-0.2, -0.15) is 5.10 Å². The number of hydrogen-bond acceptors (Lipinski definition) is 5. The van der Waals surface area contributed by atoms with Crippen LogP contribution in [-0.2, 0) is 17.8 Å².